The van der Waals surface area contributed by atoms with E-state index in [0.29, 0.717) is 19.0 Å². The number of carbonyl (C=O) groups excluding carboxylic acids is 1. The molecule has 2 heterocycles. The van der Waals surface area contributed by atoms with Gasteiger partial charge in [0.1, 0.15) is 0 Å². The normalized spacial score (nSPS) is 19.2. The van der Waals surface area contributed by atoms with Gasteiger partial charge in [-0.3, -0.25) is 9.78 Å². The van der Waals surface area contributed by atoms with Crippen LogP contribution in [0, 0.1) is 6.92 Å². The minimum Gasteiger partial charge on any atom is -0.352 e. The van der Waals surface area contributed by atoms with E-state index < -0.39 is 0 Å². The van der Waals surface area contributed by atoms with Crippen LogP contribution in [0.4, 0.5) is 0 Å². The molecular formula is C13H19N3O. The molecule has 1 aromatic heterocycles. The minimum absolute atomic E-state index is 0.118. The minimum atomic E-state index is 0.118. The fraction of sp³-hybridized carbons (Fsp3) is 0.538. The Labute approximate surface area is 102 Å². The van der Waals surface area contributed by atoms with Crippen LogP contribution >= 0.6 is 0 Å². The van der Waals surface area contributed by atoms with E-state index in [2.05, 4.69) is 15.6 Å². The van der Waals surface area contributed by atoms with Crippen LogP contribution in [0.3, 0.4) is 0 Å². The van der Waals surface area contributed by atoms with Gasteiger partial charge in [0.15, 0.2) is 0 Å². The molecule has 1 aromatic rings. The molecule has 2 rings (SSSR count). The molecule has 1 fully saturated rings. The Kier molecular flexibility index (Phi) is 4.09. The van der Waals surface area contributed by atoms with Crippen LogP contribution in [0.5, 0.6) is 0 Å². The summed E-state index contributed by atoms with van der Waals surface area (Å²) in [5, 5.41) is 6.27. The molecule has 0 radical (unpaired) electrons. The van der Waals surface area contributed by atoms with E-state index in [9.17, 15) is 4.79 Å². The summed E-state index contributed by atoms with van der Waals surface area (Å²) in [6, 6.07) is 2.32. The number of pyridine rings is 1. The molecule has 4 heteroatoms. The summed E-state index contributed by atoms with van der Waals surface area (Å²) in [6.45, 7) is 3.65. The van der Waals surface area contributed by atoms with Crippen LogP contribution in [0.25, 0.3) is 0 Å². The lowest BCUT2D eigenvalue weighted by Gasteiger charge is -2.11. The van der Waals surface area contributed by atoms with E-state index in [1.165, 1.54) is 12.0 Å². The highest BCUT2D eigenvalue weighted by atomic mass is 16.1. The molecular weight excluding hydrogens is 214 g/mol. The summed E-state index contributed by atoms with van der Waals surface area (Å²) in [6.07, 6.45) is 6.45. The number of aromatic nitrogens is 1. The summed E-state index contributed by atoms with van der Waals surface area (Å²) in [4.78, 5) is 15.8. The second-order valence-corrected chi connectivity index (χ2v) is 4.58. The first-order valence-electron chi connectivity index (χ1n) is 6.15. The van der Waals surface area contributed by atoms with E-state index in [-0.39, 0.29) is 5.91 Å². The highest BCUT2D eigenvalue weighted by Crippen LogP contribution is 2.09. The standard InChI is InChI=1S/C13H19N3O/c1-10-4-6-14-8-11(10)9-16-13(17)7-12-3-2-5-15-12/h4,6,8,12,15H,2-3,5,7,9H2,1H3,(H,16,17). The number of nitrogens with one attached hydrogen (secondary N) is 2. The van der Waals surface area contributed by atoms with Crippen molar-refractivity contribution in [2.45, 2.75) is 38.8 Å². The van der Waals surface area contributed by atoms with Gasteiger partial charge >= 0.3 is 0 Å². The maximum absolute atomic E-state index is 11.7. The van der Waals surface area contributed by atoms with E-state index in [1.807, 2.05) is 19.2 Å². The van der Waals surface area contributed by atoms with E-state index in [1.54, 1.807) is 6.20 Å². The van der Waals surface area contributed by atoms with Crippen molar-refractivity contribution in [3.8, 4) is 0 Å². The van der Waals surface area contributed by atoms with Gasteiger partial charge < -0.3 is 10.6 Å². The highest BCUT2D eigenvalue weighted by molar-refractivity contribution is 5.76. The quantitative estimate of drug-likeness (QED) is 0.820. The van der Waals surface area contributed by atoms with Crippen molar-refractivity contribution in [1.82, 2.24) is 15.6 Å². The SMILES string of the molecule is Cc1ccncc1CNC(=O)CC1CCCN1. The third kappa shape index (κ3) is 3.53. The number of hydrogen-bond acceptors (Lipinski definition) is 3. The molecule has 1 atom stereocenters. The van der Waals surface area contributed by atoms with Crippen LogP contribution in [-0.4, -0.2) is 23.5 Å². The molecule has 1 saturated heterocycles. The van der Waals surface area contributed by atoms with Crippen molar-refractivity contribution >= 4 is 5.91 Å². The molecule has 1 unspecified atom stereocenters. The molecule has 0 bridgehead atoms. The molecule has 1 aliphatic rings. The summed E-state index contributed by atoms with van der Waals surface area (Å²) in [5.41, 5.74) is 2.25. The Hall–Kier alpha value is -1.42. The summed E-state index contributed by atoms with van der Waals surface area (Å²) in [5.74, 6) is 0.118. The topological polar surface area (TPSA) is 54.0 Å². The predicted octanol–water partition coefficient (Wildman–Crippen LogP) is 1.15. The van der Waals surface area contributed by atoms with Crippen LogP contribution in [-0.2, 0) is 11.3 Å². The molecule has 0 saturated carbocycles. The van der Waals surface area contributed by atoms with E-state index in [0.717, 1.165) is 18.5 Å². The summed E-state index contributed by atoms with van der Waals surface area (Å²) >= 11 is 0. The average molecular weight is 233 g/mol. The van der Waals surface area contributed by atoms with Crippen molar-refractivity contribution in [2.24, 2.45) is 0 Å². The third-order valence-electron chi connectivity index (χ3n) is 3.22. The molecule has 1 aliphatic heterocycles. The van der Waals surface area contributed by atoms with Crippen molar-refractivity contribution in [3.05, 3.63) is 29.6 Å². The van der Waals surface area contributed by atoms with Gasteiger partial charge in [-0.15, -0.1) is 0 Å². The van der Waals surface area contributed by atoms with Gasteiger partial charge in [-0.05, 0) is 43.5 Å². The van der Waals surface area contributed by atoms with Gasteiger partial charge in [-0.1, -0.05) is 0 Å². The molecule has 1 amide bonds. The number of nitrogens with zero attached hydrogens (tertiary/aromatic N) is 1. The molecule has 92 valence electrons. The maximum Gasteiger partial charge on any atom is 0.221 e. The molecule has 0 aliphatic carbocycles. The molecule has 0 aromatic carbocycles. The number of amides is 1. The first-order valence-corrected chi connectivity index (χ1v) is 6.15. The van der Waals surface area contributed by atoms with Gasteiger partial charge in [0.05, 0.1) is 0 Å². The zero-order valence-corrected chi connectivity index (χ0v) is 10.2. The first-order chi connectivity index (χ1) is 8.25. The lowest BCUT2D eigenvalue weighted by molar-refractivity contribution is -0.121. The van der Waals surface area contributed by atoms with Gasteiger partial charge in [-0.2, -0.15) is 0 Å². The monoisotopic (exact) mass is 233 g/mol. The van der Waals surface area contributed by atoms with Crippen LogP contribution in [0.2, 0.25) is 0 Å². The Morgan fingerprint density at radius 2 is 2.53 bits per heavy atom. The van der Waals surface area contributed by atoms with E-state index in [4.69, 9.17) is 0 Å². The van der Waals surface area contributed by atoms with Gasteiger partial charge in [0.25, 0.3) is 0 Å². The Morgan fingerprint density at radius 1 is 1.65 bits per heavy atom. The smallest absolute Gasteiger partial charge is 0.221 e. The van der Waals surface area contributed by atoms with Gasteiger partial charge in [0, 0.05) is 31.4 Å². The number of rotatable bonds is 4. The van der Waals surface area contributed by atoms with Crippen LogP contribution in [0.15, 0.2) is 18.5 Å². The van der Waals surface area contributed by atoms with Crippen molar-refractivity contribution < 1.29 is 4.79 Å². The lowest BCUT2D eigenvalue weighted by Crippen LogP contribution is -2.31. The zero-order valence-electron chi connectivity index (χ0n) is 10.2. The number of carbonyl (C=O) groups is 1. The van der Waals surface area contributed by atoms with Gasteiger partial charge in [-0.25, -0.2) is 0 Å². The molecule has 4 nitrogen and oxygen atoms in total. The van der Waals surface area contributed by atoms with Crippen LogP contribution < -0.4 is 10.6 Å². The highest BCUT2D eigenvalue weighted by Gasteiger charge is 2.17. The van der Waals surface area contributed by atoms with Crippen LogP contribution in [0.1, 0.15) is 30.4 Å². The van der Waals surface area contributed by atoms with Crippen molar-refractivity contribution in [1.29, 1.82) is 0 Å². The Morgan fingerprint density at radius 3 is 3.24 bits per heavy atom. The van der Waals surface area contributed by atoms with Crippen molar-refractivity contribution in [3.63, 3.8) is 0 Å². The fourth-order valence-electron chi connectivity index (χ4n) is 2.10. The Balaban J connectivity index is 1.77. The second-order valence-electron chi connectivity index (χ2n) is 4.58. The maximum atomic E-state index is 11.7. The molecule has 2 N–H and O–H groups in total. The zero-order chi connectivity index (χ0) is 12.1. The Bertz CT molecular complexity index is 386. The number of aryl methyl sites for hydroxylation is 1. The molecule has 0 spiro atoms. The summed E-state index contributed by atoms with van der Waals surface area (Å²) in [7, 11) is 0. The predicted molar refractivity (Wildman–Crippen MR) is 66.5 cm³/mol. The fourth-order valence-corrected chi connectivity index (χ4v) is 2.10. The van der Waals surface area contributed by atoms with E-state index >= 15 is 0 Å². The first kappa shape index (κ1) is 12.0. The van der Waals surface area contributed by atoms with Gasteiger partial charge in [0.2, 0.25) is 5.91 Å². The summed E-state index contributed by atoms with van der Waals surface area (Å²) < 4.78 is 0. The third-order valence-corrected chi connectivity index (χ3v) is 3.22. The molecule has 17 heavy (non-hydrogen) atoms. The van der Waals surface area contributed by atoms with Crippen molar-refractivity contribution in [2.75, 3.05) is 6.54 Å². The largest absolute Gasteiger partial charge is 0.352 e. The average Bonchev–Trinajstić information content (AvgIpc) is 2.81. The lowest BCUT2D eigenvalue weighted by atomic mass is 10.1. The number of hydrogen-bond donors (Lipinski definition) is 2. The second kappa shape index (κ2) is 5.77.